The zero-order valence-corrected chi connectivity index (χ0v) is 14.0. The maximum atomic E-state index is 4.94. The fourth-order valence-corrected chi connectivity index (χ4v) is 3.08. The van der Waals surface area contributed by atoms with Crippen molar-refractivity contribution in [2.75, 3.05) is 0 Å². The second-order valence-electron chi connectivity index (χ2n) is 5.98. The van der Waals surface area contributed by atoms with E-state index in [0.29, 0.717) is 0 Å². The molecule has 1 heterocycles. The Balaban J connectivity index is 2.06. The van der Waals surface area contributed by atoms with Crippen LogP contribution >= 0.6 is 0 Å². The van der Waals surface area contributed by atoms with Crippen LogP contribution < -0.4 is 0 Å². The standard InChI is InChI=1S/C21H24N2/c1-3-4-7-16-20-21(18-12-8-5-9-13-18)17(2)23(22-20)19-14-10-6-11-15-19/h5-6,8-15H,3-4,7,16H2,1-2H3. The minimum Gasteiger partial charge on any atom is -0.237 e. The third-order valence-electron chi connectivity index (χ3n) is 4.27. The van der Waals surface area contributed by atoms with Gasteiger partial charge >= 0.3 is 0 Å². The summed E-state index contributed by atoms with van der Waals surface area (Å²) in [7, 11) is 0. The van der Waals surface area contributed by atoms with Gasteiger partial charge in [-0.15, -0.1) is 0 Å². The van der Waals surface area contributed by atoms with E-state index in [-0.39, 0.29) is 0 Å². The fraction of sp³-hybridized carbons (Fsp3) is 0.286. The summed E-state index contributed by atoms with van der Waals surface area (Å²) in [4.78, 5) is 0. The van der Waals surface area contributed by atoms with Crippen LogP contribution in [0.1, 0.15) is 37.6 Å². The number of benzene rings is 2. The first-order valence-corrected chi connectivity index (χ1v) is 8.50. The molecule has 0 radical (unpaired) electrons. The van der Waals surface area contributed by atoms with E-state index < -0.39 is 0 Å². The highest BCUT2D eigenvalue weighted by Gasteiger charge is 2.16. The van der Waals surface area contributed by atoms with E-state index in [9.17, 15) is 0 Å². The van der Waals surface area contributed by atoms with Crippen LogP contribution in [0.2, 0.25) is 0 Å². The lowest BCUT2D eigenvalue weighted by molar-refractivity contribution is 0.697. The van der Waals surface area contributed by atoms with Crippen LogP contribution in [0.4, 0.5) is 0 Å². The molecule has 0 saturated carbocycles. The number of aromatic nitrogens is 2. The van der Waals surface area contributed by atoms with Crippen LogP contribution in [0.3, 0.4) is 0 Å². The maximum absolute atomic E-state index is 4.94. The molecule has 23 heavy (non-hydrogen) atoms. The Labute approximate surface area is 138 Å². The van der Waals surface area contributed by atoms with Gasteiger partial charge in [-0.2, -0.15) is 5.10 Å². The minimum absolute atomic E-state index is 1.04. The van der Waals surface area contributed by atoms with Gasteiger partial charge in [-0.25, -0.2) is 4.68 Å². The number of aryl methyl sites for hydroxylation is 1. The van der Waals surface area contributed by atoms with Gasteiger partial charge in [0.15, 0.2) is 0 Å². The molecule has 0 saturated heterocycles. The van der Waals surface area contributed by atoms with Gasteiger partial charge in [0, 0.05) is 11.3 Å². The van der Waals surface area contributed by atoms with Crippen molar-refractivity contribution in [2.45, 2.75) is 39.5 Å². The topological polar surface area (TPSA) is 17.8 Å². The molecule has 0 amide bonds. The van der Waals surface area contributed by atoms with Crippen molar-refractivity contribution in [3.05, 3.63) is 72.1 Å². The Bertz CT molecular complexity index is 742. The van der Waals surface area contributed by atoms with Crippen LogP contribution in [0.15, 0.2) is 60.7 Å². The van der Waals surface area contributed by atoms with E-state index in [4.69, 9.17) is 5.10 Å². The molecule has 3 aromatic rings. The lowest BCUT2D eigenvalue weighted by atomic mass is 10.0. The zero-order valence-electron chi connectivity index (χ0n) is 14.0. The van der Waals surface area contributed by atoms with Crippen LogP contribution in [0.5, 0.6) is 0 Å². The van der Waals surface area contributed by atoms with E-state index in [0.717, 1.165) is 12.1 Å². The van der Waals surface area contributed by atoms with Crippen molar-refractivity contribution >= 4 is 0 Å². The van der Waals surface area contributed by atoms with Gasteiger partial charge in [0.1, 0.15) is 0 Å². The Morgan fingerprint density at radius 3 is 2.17 bits per heavy atom. The minimum atomic E-state index is 1.04. The molecule has 2 aromatic carbocycles. The van der Waals surface area contributed by atoms with E-state index in [1.165, 1.54) is 41.8 Å². The molecule has 0 N–H and O–H groups in total. The number of hydrogen-bond acceptors (Lipinski definition) is 1. The molecule has 2 nitrogen and oxygen atoms in total. The van der Waals surface area contributed by atoms with Crippen LogP contribution in [-0.4, -0.2) is 9.78 Å². The third kappa shape index (κ3) is 3.37. The summed E-state index contributed by atoms with van der Waals surface area (Å²) in [6.45, 7) is 4.41. The summed E-state index contributed by atoms with van der Waals surface area (Å²) in [5.74, 6) is 0. The molecule has 0 fully saturated rings. The van der Waals surface area contributed by atoms with Gasteiger partial charge in [-0.1, -0.05) is 68.3 Å². The average molecular weight is 304 g/mol. The highest BCUT2D eigenvalue weighted by Crippen LogP contribution is 2.30. The number of rotatable bonds is 6. The first-order valence-electron chi connectivity index (χ1n) is 8.50. The van der Waals surface area contributed by atoms with Crippen molar-refractivity contribution in [3.63, 3.8) is 0 Å². The molecule has 0 bridgehead atoms. The molecular formula is C21H24N2. The van der Waals surface area contributed by atoms with Crippen molar-refractivity contribution < 1.29 is 0 Å². The van der Waals surface area contributed by atoms with Gasteiger partial charge in [0.2, 0.25) is 0 Å². The summed E-state index contributed by atoms with van der Waals surface area (Å²) in [5.41, 5.74) is 6.12. The van der Waals surface area contributed by atoms with Crippen molar-refractivity contribution in [1.29, 1.82) is 0 Å². The Hall–Kier alpha value is -2.35. The van der Waals surface area contributed by atoms with E-state index in [2.05, 4.69) is 73.1 Å². The van der Waals surface area contributed by atoms with Crippen LogP contribution in [0.25, 0.3) is 16.8 Å². The summed E-state index contributed by atoms with van der Waals surface area (Å²) in [6.07, 6.45) is 4.73. The molecule has 0 aliphatic rings. The van der Waals surface area contributed by atoms with Crippen molar-refractivity contribution in [2.24, 2.45) is 0 Å². The largest absolute Gasteiger partial charge is 0.237 e. The van der Waals surface area contributed by atoms with Gasteiger partial charge in [0.05, 0.1) is 11.4 Å². The summed E-state index contributed by atoms with van der Waals surface area (Å²) in [6, 6.07) is 21.0. The van der Waals surface area contributed by atoms with Crippen molar-refractivity contribution in [1.82, 2.24) is 9.78 Å². The van der Waals surface area contributed by atoms with E-state index in [1.807, 2.05) is 6.07 Å². The summed E-state index contributed by atoms with van der Waals surface area (Å²) in [5, 5.41) is 4.94. The van der Waals surface area contributed by atoms with E-state index >= 15 is 0 Å². The first kappa shape index (κ1) is 15.5. The van der Waals surface area contributed by atoms with Gasteiger partial charge in [-0.3, -0.25) is 0 Å². The average Bonchev–Trinajstić information content (AvgIpc) is 2.93. The van der Waals surface area contributed by atoms with Crippen LogP contribution in [0, 0.1) is 6.92 Å². The highest BCUT2D eigenvalue weighted by atomic mass is 15.3. The number of para-hydroxylation sites is 1. The Morgan fingerprint density at radius 2 is 1.52 bits per heavy atom. The second kappa shape index (κ2) is 7.28. The van der Waals surface area contributed by atoms with Gasteiger partial charge < -0.3 is 0 Å². The molecule has 2 heteroatoms. The molecule has 0 unspecified atom stereocenters. The Kier molecular flexibility index (Phi) is 4.92. The normalized spacial score (nSPS) is 10.9. The predicted octanol–water partition coefficient (Wildman–Crippen LogP) is 5.58. The number of hydrogen-bond donors (Lipinski definition) is 0. The third-order valence-corrected chi connectivity index (χ3v) is 4.27. The summed E-state index contributed by atoms with van der Waals surface area (Å²) < 4.78 is 2.09. The molecule has 1 aromatic heterocycles. The molecule has 0 aliphatic heterocycles. The first-order chi connectivity index (χ1) is 11.3. The highest BCUT2D eigenvalue weighted by molar-refractivity contribution is 5.69. The molecular weight excluding hydrogens is 280 g/mol. The lowest BCUT2D eigenvalue weighted by Gasteiger charge is -2.05. The lowest BCUT2D eigenvalue weighted by Crippen LogP contribution is -1.99. The molecule has 118 valence electrons. The smallest absolute Gasteiger partial charge is 0.0710 e. The predicted molar refractivity (Wildman–Crippen MR) is 97.0 cm³/mol. The molecule has 3 rings (SSSR count). The van der Waals surface area contributed by atoms with Crippen LogP contribution in [-0.2, 0) is 6.42 Å². The fourth-order valence-electron chi connectivity index (χ4n) is 3.08. The monoisotopic (exact) mass is 304 g/mol. The maximum Gasteiger partial charge on any atom is 0.0710 e. The number of nitrogens with zero attached hydrogens (tertiary/aromatic N) is 2. The van der Waals surface area contributed by atoms with E-state index in [1.54, 1.807) is 0 Å². The zero-order chi connectivity index (χ0) is 16.1. The molecule has 0 atom stereocenters. The van der Waals surface area contributed by atoms with Crippen molar-refractivity contribution in [3.8, 4) is 16.8 Å². The number of unbranched alkanes of at least 4 members (excludes halogenated alkanes) is 2. The van der Waals surface area contributed by atoms with Gasteiger partial charge in [0.25, 0.3) is 0 Å². The SMILES string of the molecule is CCCCCc1nn(-c2ccccc2)c(C)c1-c1ccccc1. The molecule has 0 spiro atoms. The molecule has 0 aliphatic carbocycles. The van der Waals surface area contributed by atoms with Gasteiger partial charge in [-0.05, 0) is 37.5 Å². The summed E-state index contributed by atoms with van der Waals surface area (Å²) >= 11 is 0. The Morgan fingerprint density at radius 1 is 0.870 bits per heavy atom. The quantitative estimate of drug-likeness (QED) is 0.543. The second-order valence-corrected chi connectivity index (χ2v) is 5.98.